The molecule has 138 valence electrons. The van der Waals surface area contributed by atoms with E-state index in [4.69, 9.17) is 21.7 Å². The lowest BCUT2D eigenvalue weighted by Gasteiger charge is -2.11. The van der Waals surface area contributed by atoms with Gasteiger partial charge in [-0.3, -0.25) is 0 Å². The first-order valence-corrected chi connectivity index (χ1v) is 9.88. The van der Waals surface area contributed by atoms with Crippen molar-refractivity contribution < 1.29 is 9.47 Å². The lowest BCUT2D eigenvalue weighted by Crippen LogP contribution is -2.34. The molecule has 0 unspecified atom stereocenters. The van der Waals surface area contributed by atoms with E-state index in [1.54, 1.807) is 11.3 Å². The Morgan fingerprint density at radius 3 is 2.48 bits per heavy atom. The predicted molar refractivity (Wildman–Crippen MR) is 111 cm³/mol. The number of aryl methyl sites for hydroxylation is 1. The molecular weight excluding hydrogens is 378 g/mol. The number of thiocarbonyl (C=S) groups is 1. The van der Waals surface area contributed by atoms with Gasteiger partial charge in [0.2, 0.25) is 6.79 Å². The minimum Gasteiger partial charge on any atom is -0.454 e. The van der Waals surface area contributed by atoms with Gasteiger partial charge in [0.1, 0.15) is 0 Å². The molecule has 0 bridgehead atoms. The van der Waals surface area contributed by atoms with Crippen molar-refractivity contribution in [2.75, 3.05) is 6.79 Å². The smallest absolute Gasteiger partial charge is 0.231 e. The van der Waals surface area contributed by atoms with E-state index < -0.39 is 0 Å². The van der Waals surface area contributed by atoms with Crippen LogP contribution >= 0.6 is 23.6 Å². The number of hydrogen-bond acceptors (Lipinski definition) is 5. The summed E-state index contributed by atoms with van der Waals surface area (Å²) in [7, 11) is 0. The predicted octanol–water partition coefficient (Wildman–Crippen LogP) is 4.01. The molecule has 27 heavy (non-hydrogen) atoms. The van der Waals surface area contributed by atoms with Crippen molar-refractivity contribution in [3.05, 3.63) is 64.0 Å². The van der Waals surface area contributed by atoms with E-state index in [1.807, 2.05) is 25.1 Å². The van der Waals surface area contributed by atoms with Crippen LogP contribution in [0.15, 0.2) is 47.8 Å². The topological polar surface area (TPSA) is 55.4 Å². The summed E-state index contributed by atoms with van der Waals surface area (Å²) in [6.45, 7) is 3.60. The zero-order valence-corrected chi connectivity index (χ0v) is 16.5. The zero-order chi connectivity index (χ0) is 18.6. The Morgan fingerprint density at radius 2 is 1.74 bits per heavy atom. The van der Waals surface area contributed by atoms with E-state index in [2.05, 4.69) is 45.3 Å². The molecule has 7 heteroatoms. The number of aromatic nitrogens is 1. The molecule has 0 radical (unpaired) electrons. The van der Waals surface area contributed by atoms with Gasteiger partial charge in [0.25, 0.3) is 0 Å². The van der Waals surface area contributed by atoms with E-state index in [0.29, 0.717) is 18.2 Å². The lowest BCUT2D eigenvalue weighted by atomic mass is 10.1. The minimum absolute atomic E-state index is 0.285. The number of nitrogens with zero attached hydrogens (tertiary/aromatic N) is 1. The Labute approximate surface area is 167 Å². The molecule has 1 aliphatic heterocycles. The first-order valence-electron chi connectivity index (χ1n) is 8.59. The van der Waals surface area contributed by atoms with Gasteiger partial charge < -0.3 is 20.1 Å². The van der Waals surface area contributed by atoms with Gasteiger partial charge in [-0.15, -0.1) is 11.3 Å². The molecule has 1 aromatic heterocycles. The molecule has 0 saturated heterocycles. The average Bonchev–Trinajstić information content (AvgIpc) is 3.33. The number of nitrogens with one attached hydrogen (secondary N) is 2. The second kappa shape index (κ2) is 7.94. The van der Waals surface area contributed by atoms with Crippen LogP contribution in [-0.4, -0.2) is 16.9 Å². The summed E-state index contributed by atoms with van der Waals surface area (Å²) < 4.78 is 10.7. The van der Waals surface area contributed by atoms with E-state index >= 15 is 0 Å². The fourth-order valence-corrected chi connectivity index (χ4v) is 3.53. The van der Waals surface area contributed by atoms with Crippen LogP contribution in [0.5, 0.6) is 11.5 Å². The molecule has 2 aromatic carbocycles. The third kappa shape index (κ3) is 4.37. The van der Waals surface area contributed by atoms with Gasteiger partial charge in [-0.05, 0) is 42.4 Å². The monoisotopic (exact) mass is 397 g/mol. The number of fused-ring (bicyclic) bond motifs is 1. The minimum atomic E-state index is 0.285. The first-order chi connectivity index (χ1) is 13.2. The van der Waals surface area contributed by atoms with Gasteiger partial charge in [0.05, 0.1) is 10.7 Å². The Balaban J connectivity index is 1.26. The highest BCUT2D eigenvalue weighted by atomic mass is 32.1. The summed E-state index contributed by atoms with van der Waals surface area (Å²) >= 11 is 7.03. The Bertz CT molecular complexity index is 954. The van der Waals surface area contributed by atoms with E-state index in [-0.39, 0.29) is 6.79 Å². The highest BCUT2D eigenvalue weighted by Crippen LogP contribution is 2.32. The molecule has 0 atom stereocenters. The summed E-state index contributed by atoms with van der Waals surface area (Å²) in [5.74, 6) is 1.57. The van der Waals surface area contributed by atoms with Gasteiger partial charge in [-0.25, -0.2) is 4.98 Å². The third-order valence-electron chi connectivity index (χ3n) is 4.21. The molecule has 0 amide bonds. The second-order valence-electron chi connectivity index (χ2n) is 6.17. The third-order valence-corrected chi connectivity index (χ3v) is 5.27. The summed E-state index contributed by atoms with van der Waals surface area (Å²) in [5.41, 5.74) is 4.41. The molecular formula is C20H19N3O2S2. The zero-order valence-electron chi connectivity index (χ0n) is 14.8. The van der Waals surface area contributed by atoms with Gasteiger partial charge in [0, 0.05) is 24.0 Å². The molecule has 3 aromatic rings. The molecule has 0 aliphatic carbocycles. The number of benzene rings is 2. The first kappa shape index (κ1) is 17.8. The van der Waals surface area contributed by atoms with Crippen LogP contribution in [0.3, 0.4) is 0 Å². The number of ether oxygens (including phenoxy) is 2. The summed E-state index contributed by atoms with van der Waals surface area (Å²) in [6, 6.07) is 14.3. The van der Waals surface area contributed by atoms with Crippen LogP contribution < -0.4 is 20.1 Å². The summed E-state index contributed by atoms with van der Waals surface area (Å²) in [5, 5.41) is 10.2. The molecule has 4 rings (SSSR count). The van der Waals surface area contributed by atoms with Gasteiger partial charge in [-0.1, -0.05) is 30.3 Å². The summed E-state index contributed by atoms with van der Waals surface area (Å²) in [6.07, 6.45) is 0. The lowest BCUT2D eigenvalue weighted by molar-refractivity contribution is 0.174. The van der Waals surface area contributed by atoms with E-state index in [1.165, 1.54) is 0 Å². The highest BCUT2D eigenvalue weighted by Gasteiger charge is 2.13. The van der Waals surface area contributed by atoms with E-state index in [0.717, 1.165) is 38.9 Å². The quantitative estimate of drug-likeness (QED) is 0.635. The highest BCUT2D eigenvalue weighted by molar-refractivity contribution is 7.80. The molecule has 1 aliphatic rings. The van der Waals surface area contributed by atoms with Crippen molar-refractivity contribution in [2.24, 2.45) is 0 Å². The molecule has 5 nitrogen and oxygen atoms in total. The van der Waals surface area contributed by atoms with Crippen molar-refractivity contribution in [2.45, 2.75) is 20.0 Å². The Hall–Kier alpha value is -2.64. The van der Waals surface area contributed by atoms with Crippen LogP contribution in [0, 0.1) is 6.92 Å². The van der Waals surface area contributed by atoms with Crippen LogP contribution in [0.2, 0.25) is 0 Å². The Kier molecular flexibility index (Phi) is 5.22. The molecule has 2 N–H and O–H groups in total. The maximum absolute atomic E-state index is 5.39. The number of thiazole rings is 1. The van der Waals surface area contributed by atoms with Crippen LogP contribution in [-0.2, 0) is 13.1 Å². The fourth-order valence-electron chi connectivity index (χ4n) is 2.77. The van der Waals surface area contributed by atoms with Gasteiger partial charge >= 0.3 is 0 Å². The second-order valence-corrected chi connectivity index (χ2v) is 7.64. The standard InChI is InChI=1S/C20H19N3O2S2/c1-13-23-17(11-27-13)16-5-2-14(3-6-16)9-21-20(26)22-10-15-4-7-18-19(8-15)25-12-24-18/h2-8,11H,9-10,12H2,1H3,(H2,21,22,26). The largest absolute Gasteiger partial charge is 0.454 e. The fraction of sp³-hybridized carbons (Fsp3) is 0.200. The molecule has 0 saturated carbocycles. The van der Waals surface area contributed by atoms with Crippen LogP contribution in [0.1, 0.15) is 16.1 Å². The average molecular weight is 398 g/mol. The van der Waals surface area contributed by atoms with Crippen molar-refractivity contribution in [1.82, 2.24) is 15.6 Å². The molecule has 0 fully saturated rings. The molecule has 2 heterocycles. The van der Waals surface area contributed by atoms with Crippen LogP contribution in [0.25, 0.3) is 11.3 Å². The van der Waals surface area contributed by atoms with Crippen molar-refractivity contribution in [3.8, 4) is 22.8 Å². The van der Waals surface area contributed by atoms with E-state index in [9.17, 15) is 0 Å². The van der Waals surface area contributed by atoms with Crippen LogP contribution in [0.4, 0.5) is 0 Å². The van der Waals surface area contributed by atoms with Crippen molar-refractivity contribution >= 4 is 28.7 Å². The maximum atomic E-state index is 5.39. The SMILES string of the molecule is Cc1nc(-c2ccc(CNC(=S)NCc3ccc4c(c3)OCO4)cc2)cs1. The van der Waals surface area contributed by atoms with Gasteiger partial charge in [-0.2, -0.15) is 0 Å². The van der Waals surface area contributed by atoms with Gasteiger partial charge in [0.15, 0.2) is 16.6 Å². The Morgan fingerprint density at radius 1 is 1.04 bits per heavy atom. The number of rotatable bonds is 5. The van der Waals surface area contributed by atoms with Crippen molar-refractivity contribution in [3.63, 3.8) is 0 Å². The normalized spacial score (nSPS) is 12.0. The number of hydrogen-bond donors (Lipinski definition) is 2. The molecule has 0 spiro atoms. The maximum Gasteiger partial charge on any atom is 0.231 e. The van der Waals surface area contributed by atoms with Crippen molar-refractivity contribution in [1.29, 1.82) is 0 Å². The summed E-state index contributed by atoms with van der Waals surface area (Å²) in [4.78, 5) is 4.51.